The highest BCUT2D eigenvalue weighted by Gasteiger charge is 2.19. The molecule has 0 heterocycles. The third-order valence-corrected chi connectivity index (χ3v) is 3.64. The van der Waals surface area contributed by atoms with Gasteiger partial charge in [-0.25, -0.2) is 13.2 Å². The van der Waals surface area contributed by atoms with Crippen molar-refractivity contribution in [3.63, 3.8) is 0 Å². The molecule has 0 spiro atoms. The molecule has 2 N–H and O–H groups in total. The summed E-state index contributed by atoms with van der Waals surface area (Å²) >= 11 is 0. The summed E-state index contributed by atoms with van der Waals surface area (Å²) in [6.45, 7) is 5.66. The summed E-state index contributed by atoms with van der Waals surface area (Å²) in [4.78, 5) is 12.2. The van der Waals surface area contributed by atoms with Crippen molar-refractivity contribution in [2.75, 3.05) is 10.6 Å². The summed E-state index contributed by atoms with van der Waals surface area (Å²) in [6, 6.07) is 8.60. The summed E-state index contributed by atoms with van der Waals surface area (Å²) < 4.78 is 39.8. The molecule has 0 saturated heterocycles. The van der Waals surface area contributed by atoms with Crippen molar-refractivity contribution in [1.29, 1.82) is 0 Å². The third kappa shape index (κ3) is 3.88. The Labute approximate surface area is 138 Å². The highest BCUT2D eigenvalue weighted by atomic mass is 19.2. The molecule has 2 aromatic carbocycles. The van der Waals surface area contributed by atoms with Crippen molar-refractivity contribution >= 4 is 17.3 Å². The number of carbonyl (C=O) groups excluding carboxylic acids is 1. The zero-order valence-corrected chi connectivity index (χ0v) is 13.7. The number of para-hydroxylation sites is 1. The van der Waals surface area contributed by atoms with Gasteiger partial charge in [-0.2, -0.15) is 0 Å². The summed E-state index contributed by atoms with van der Waals surface area (Å²) in [5.74, 6) is -4.63. The Hall–Kier alpha value is -2.50. The second-order valence-electron chi connectivity index (χ2n) is 5.82. The van der Waals surface area contributed by atoms with Gasteiger partial charge in [0.05, 0.1) is 5.69 Å². The maximum absolute atomic E-state index is 13.6. The van der Waals surface area contributed by atoms with Crippen LogP contribution in [0.2, 0.25) is 0 Å². The Kier molecular flexibility index (Phi) is 5.49. The molecule has 0 radical (unpaired) electrons. The van der Waals surface area contributed by atoms with E-state index in [1.807, 2.05) is 38.1 Å². The van der Waals surface area contributed by atoms with Gasteiger partial charge in [-0.1, -0.05) is 32.0 Å². The first-order valence-electron chi connectivity index (χ1n) is 7.61. The molecule has 0 aromatic heterocycles. The van der Waals surface area contributed by atoms with E-state index < -0.39 is 35.1 Å². The third-order valence-electron chi connectivity index (χ3n) is 3.64. The topological polar surface area (TPSA) is 41.1 Å². The molecular weight excluding hydrogens is 317 g/mol. The van der Waals surface area contributed by atoms with Crippen LogP contribution in [0.1, 0.15) is 32.3 Å². The van der Waals surface area contributed by atoms with E-state index in [9.17, 15) is 18.0 Å². The highest BCUT2D eigenvalue weighted by molar-refractivity contribution is 5.96. The number of rotatable bonds is 5. The lowest BCUT2D eigenvalue weighted by molar-refractivity contribution is -0.116. The van der Waals surface area contributed by atoms with E-state index in [-0.39, 0.29) is 5.92 Å². The average molecular weight is 336 g/mol. The Bertz CT molecular complexity index is 747. The lowest BCUT2D eigenvalue weighted by Gasteiger charge is -2.19. The number of hydrogen-bond donors (Lipinski definition) is 2. The van der Waals surface area contributed by atoms with Crippen LogP contribution in [0.4, 0.5) is 24.5 Å². The minimum absolute atomic E-state index is 0.257. The largest absolute Gasteiger partial charge is 0.374 e. The van der Waals surface area contributed by atoms with Gasteiger partial charge in [0.2, 0.25) is 5.91 Å². The maximum Gasteiger partial charge on any atom is 0.246 e. The Morgan fingerprint density at radius 1 is 0.917 bits per heavy atom. The number of carbonyl (C=O) groups is 1. The normalized spacial score (nSPS) is 12.1. The number of nitrogens with one attached hydrogen (secondary N) is 2. The number of amides is 1. The van der Waals surface area contributed by atoms with Gasteiger partial charge in [0, 0.05) is 5.69 Å². The predicted molar refractivity (Wildman–Crippen MR) is 88.6 cm³/mol. The Morgan fingerprint density at radius 3 is 2.25 bits per heavy atom. The van der Waals surface area contributed by atoms with Crippen LogP contribution in [-0.2, 0) is 4.79 Å². The minimum atomic E-state index is -1.61. The van der Waals surface area contributed by atoms with Crippen molar-refractivity contribution in [3.05, 3.63) is 59.4 Å². The quantitative estimate of drug-likeness (QED) is 0.779. The second-order valence-corrected chi connectivity index (χ2v) is 5.82. The number of halogens is 3. The molecule has 6 heteroatoms. The molecule has 3 nitrogen and oxygen atoms in total. The minimum Gasteiger partial charge on any atom is -0.374 e. The fraction of sp³-hybridized carbons (Fsp3) is 0.278. The zero-order valence-electron chi connectivity index (χ0n) is 13.7. The maximum atomic E-state index is 13.6. The molecule has 128 valence electrons. The van der Waals surface area contributed by atoms with Crippen LogP contribution >= 0.6 is 0 Å². The average Bonchev–Trinajstić information content (AvgIpc) is 2.55. The summed E-state index contributed by atoms with van der Waals surface area (Å²) in [7, 11) is 0. The standard InChI is InChI=1S/C18H19F3N2O/c1-10(2)12-6-4-5-7-14(12)22-11(3)18(24)23-15-9-8-13(19)16(20)17(15)21/h4-11,22H,1-3H3,(H,23,24)/t11-/m0/s1. The summed E-state index contributed by atoms with van der Waals surface area (Å²) in [6.07, 6.45) is 0. The molecule has 0 aliphatic heterocycles. The van der Waals surface area contributed by atoms with E-state index >= 15 is 0 Å². The first-order chi connectivity index (χ1) is 11.3. The van der Waals surface area contributed by atoms with Crippen molar-refractivity contribution in [3.8, 4) is 0 Å². The molecular formula is C18H19F3N2O. The van der Waals surface area contributed by atoms with Crippen LogP contribution in [0.3, 0.4) is 0 Å². The molecule has 2 rings (SSSR count). The lowest BCUT2D eigenvalue weighted by Crippen LogP contribution is -2.32. The monoisotopic (exact) mass is 336 g/mol. The van der Waals surface area contributed by atoms with Crippen molar-refractivity contribution < 1.29 is 18.0 Å². The van der Waals surface area contributed by atoms with E-state index in [4.69, 9.17) is 0 Å². The van der Waals surface area contributed by atoms with E-state index in [0.717, 1.165) is 23.4 Å². The van der Waals surface area contributed by atoms with Crippen LogP contribution in [0.5, 0.6) is 0 Å². The van der Waals surface area contributed by atoms with Crippen LogP contribution in [0, 0.1) is 17.5 Å². The van der Waals surface area contributed by atoms with E-state index in [2.05, 4.69) is 10.6 Å². The molecule has 24 heavy (non-hydrogen) atoms. The first kappa shape index (κ1) is 17.8. The number of benzene rings is 2. The number of hydrogen-bond acceptors (Lipinski definition) is 2. The van der Waals surface area contributed by atoms with Crippen molar-refractivity contribution in [1.82, 2.24) is 0 Å². The molecule has 2 aromatic rings. The predicted octanol–water partition coefficient (Wildman–Crippen LogP) is 4.67. The molecule has 1 amide bonds. The molecule has 0 bridgehead atoms. The van der Waals surface area contributed by atoms with E-state index in [0.29, 0.717) is 0 Å². The molecule has 0 aliphatic carbocycles. The van der Waals surface area contributed by atoms with Gasteiger partial charge in [-0.05, 0) is 36.6 Å². The second kappa shape index (κ2) is 7.38. The number of anilines is 2. The van der Waals surface area contributed by atoms with E-state index in [1.54, 1.807) is 6.92 Å². The highest BCUT2D eigenvalue weighted by Crippen LogP contribution is 2.25. The smallest absolute Gasteiger partial charge is 0.246 e. The first-order valence-corrected chi connectivity index (χ1v) is 7.61. The SMILES string of the molecule is CC(C)c1ccccc1N[C@@H](C)C(=O)Nc1ccc(F)c(F)c1F. The van der Waals surface area contributed by atoms with Crippen molar-refractivity contribution in [2.45, 2.75) is 32.7 Å². The molecule has 0 aliphatic rings. The van der Waals surface area contributed by atoms with Gasteiger partial charge in [0.25, 0.3) is 0 Å². The summed E-state index contributed by atoms with van der Waals surface area (Å²) in [5.41, 5.74) is 1.43. The van der Waals surface area contributed by atoms with Crippen LogP contribution in [-0.4, -0.2) is 11.9 Å². The Morgan fingerprint density at radius 2 is 1.58 bits per heavy atom. The van der Waals surface area contributed by atoms with Crippen molar-refractivity contribution in [2.24, 2.45) is 0 Å². The van der Waals surface area contributed by atoms with Gasteiger partial charge in [0.15, 0.2) is 17.5 Å². The van der Waals surface area contributed by atoms with Gasteiger partial charge in [-0.15, -0.1) is 0 Å². The molecule has 0 saturated carbocycles. The van der Waals surface area contributed by atoms with E-state index in [1.165, 1.54) is 0 Å². The lowest BCUT2D eigenvalue weighted by atomic mass is 10.0. The van der Waals surface area contributed by atoms with Gasteiger partial charge in [-0.3, -0.25) is 4.79 Å². The fourth-order valence-electron chi connectivity index (χ4n) is 2.29. The van der Waals surface area contributed by atoms with Gasteiger partial charge in [0.1, 0.15) is 6.04 Å². The van der Waals surface area contributed by atoms with Crippen LogP contribution in [0.25, 0.3) is 0 Å². The molecule has 0 fully saturated rings. The van der Waals surface area contributed by atoms with Crippen LogP contribution < -0.4 is 10.6 Å². The fourth-order valence-corrected chi connectivity index (χ4v) is 2.29. The summed E-state index contributed by atoms with van der Waals surface area (Å²) in [5, 5.41) is 5.32. The Balaban J connectivity index is 2.13. The zero-order chi connectivity index (χ0) is 17.9. The molecule has 0 unspecified atom stereocenters. The van der Waals surface area contributed by atoms with Gasteiger partial charge < -0.3 is 10.6 Å². The van der Waals surface area contributed by atoms with Gasteiger partial charge >= 0.3 is 0 Å². The van der Waals surface area contributed by atoms with Crippen LogP contribution in [0.15, 0.2) is 36.4 Å². The molecule has 1 atom stereocenters.